The van der Waals surface area contributed by atoms with Gasteiger partial charge in [-0.05, 0) is 12.1 Å². The molecule has 0 saturated carbocycles. The van der Waals surface area contributed by atoms with Crippen molar-refractivity contribution in [2.24, 2.45) is 0 Å². The van der Waals surface area contributed by atoms with E-state index in [4.69, 9.17) is 5.11 Å². The highest BCUT2D eigenvalue weighted by Gasteiger charge is 2.11. The van der Waals surface area contributed by atoms with E-state index in [1.165, 1.54) is 46.3 Å². The first-order valence-electron chi connectivity index (χ1n) is 5.53. The molecule has 0 fully saturated rings. The van der Waals surface area contributed by atoms with Crippen LogP contribution in [0.1, 0.15) is 10.4 Å². The number of hydrogen-bond acceptors (Lipinski definition) is 5. The van der Waals surface area contributed by atoms with Gasteiger partial charge >= 0.3 is 5.97 Å². The zero-order chi connectivity index (χ0) is 14.1. The van der Waals surface area contributed by atoms with Gasteiger partial charge < -0.3 is 5.11 Å². The molecule has 3 rings (SSSR count). The molecule has 0 spiro atoms. The Morgan fingerprint density at radius 3 is 2.71 bits per heavy atom. The van der Waals surface area contributed by atoms with Gasteiger partial charge in [-0.25, -0.2) is 14.5 Å². The summed E-state index contributed by atoms with van der Waals surface area (Å²) in [6.45, 7) is 0. The summed E-state index contributed by atoms with van der Waals surface area (Å²) >= 11 is 0. The van der Waals surface area contributed by atoms with Gasteiger partial charge in [0.15, 0.2) is 11.5 Å². The van der Waals surface area contributed by atoms with Gasteiger partial charge in [0.05, 0.1) is 24.2 Å². The summed E-state index contributed by atoms with van der Waals surface area (Å²) in [7, 11) is 0. The molecule has 0 amide bonds. The molecule has 0 atom stereocenters. The number of rotatable bonds is 3. The molecule has 0 saturated heterocycles. The van der Waals surface area contributed by atoms with E-state index in [-0.39, 0.29) is 35.0 Å². The molecule has 0 aliphatic heterocycles. The van der Waals surface area contributed by atoms with Gasteiger partial charge in [0.1, 0.15) is 0 Å². The molecular weight excluding hydrogens is 300 g/mol. The van der Waals surface area contributed by atoms with Crippen LogP contribution in [0.15, 0.2) is 41.7 Å². The minimum Gasteiger partial charge on any atom is -0.478 e. The molecule has 0 radical (unpaired) electrons. The predicted molar refractivity (Wildman–Crippen MR) is 73.3 cm³/mol. The average Bonchev–Trinajstić information content (AvgIpc) is 3.08. The summed E-state index contributed by atoms with van der Waals surface area (Å²) in [5.41, 5.74) is -0.0393. The summed E-state index contributed by atoms with van der Waals surface area (Å²) in [6.07, 6.45) is 5.64. The quantitative estimate of drug-likeness (QED) is 0.716. The van der Waals surface area contributed by atoms with Gasteiger partial charge in [-0.15, -0.1) is 17.5 Å². The van der Waals surface area contributed by atoms with Crippen molar-refractivity contribution < 1.29 is 9.90 Å². The number of nitrogens with one attached hydrogen (secondary N) is 1. The van der Waals surface area contributed by atoms with Gasteiger partial charge in [0.2, 0.25) is 0 Å². The molecule has 10 heteroatoms. The lowest BCUT2D eigenvalue weighted by Crippen LogP contribution is -2.19. The number of carboxylic acids is 1. The minimum absolute atomic E-state index is 0. The number of aromatic carboxylic acids is 1. The Morgan fingerprint density at radius 2 is 2.14 bits per heavy atom. The molecule has 3 heterocycles. The molecule has 9 nitrogen and oxygen atoms in total. The summed E-state index contributed by atoms with van der Waals surface area (Å²) in [5.74, 6) is -0.794. The second-order valence-electron chi connectivity index (χ2n) is 3.86. The Hall–Kier alpha value is -2.94. The van der Waals surface area contributed by atoms with E-state index in [9.17, 15) is 9.59 Å². The molecule has 0 aliphatic carbocycles. The first kappa shape index (κ1) is 14.5. The Morgan fingerprint density at radius 1 is 1.33 bits per heavy atom. The zero-order valence-electron chi connectivity index (χ0n) is 10.4. The van der Waals surface area contributed by atoms with Crippen LogP contribution in [0.25, 0.3) is 11.5 Å². The van der Waals surface area contributed by atoms with E-state index in [2.05, 4.69) is 20.4 Å². The maximum atomic E-state index is 12.2. The Kier molecular flexibility index (Phi) is 3.85. The van der Waals surface area contributed by atoms with Crippen LogP contribution in [0.5, 0.6) is 0 Å². The van der Waals surface area contributed by atoms with E-state index in [0.29, 0.717) is 0 Å². The third-order valence-electron chi connectivity index (χ3n) is 2.65. The van der Waals surface area contributed by atoms with Gasteiger partial charge in [-0.3, -0.25) is 9.89 Å². The third kappa shape index (κ3) is 2.54. The smallest absolute Gasteiger partial charge is 0.337 e. The van der Waals surface area contributed by atoms with Gasteiger partial charge in [-0.1, -0.05) is 5.21 Å². The maximum Gasteiger partial charge on any atom is 0.337 e. The van der Waals surface area contributed by atoms with E-state index in [1.807, 2.05) is 0 Å². The van der Waals surface area contributed by atoms with E-state index < -0.39 is 5.97 Å². The lowest BCUT2D eigenvalue weighted by atomic mass is 10.3. The van der Waals surface area contributed by atoms with Crippen molar-refractivity contribution in [1.29, 1.82) is 0 Å². The summed E-state index contributed by atoms with van der Waals surface area (Å²) < 4.78 is 2.50. The largest absolute Gasteiger partial charge is 0.478 e. The number of H-pyrrole nitrogens is 1. The highest BCUT2D eigenvalue weighted by Crippen LogP contribution is 2.05. The monoisotopic (exact) mass is 308 g/mol. The first-order chi connectivity index (χ1) is 9.66. The van der Waals surface area contributed by atoms with Crippen LogP contribution >= 0.6 is 12.4 Å². The van der Waals surface area contributed by atoms with Crippen molar-refractivity contribution in [3.8, 4) is 11.5 Å². The van der Waals surface area contributed by atoms with E-state index in [1.54, 1.807) is 0 Å². The molecule has 3 aromatic heterocycles. The lowest BCUT2D eigenvalue weighted by molar-refractivity contribution is 0.0696. The summed E-state index contributed by atoms with van der Waals surface area (Å²) in [6, 6.07) is 2.81. The van der Waals surface area contributed by atoms with Crippen molar-refractivity contribution in [3.05, 3.63) is 52.8 Å². The molecule has 21 heavy (non-hydrogen) atoms. The standard InChI is InChI=1S/C11H8N6O3.ClH/c18-10-8(16-4-3-13-15-16)6-14-17(10)9-2-1-7(5-12-9)11(19)20;/h1-6,14H,(H,19,20);1H. The van der Waals surface area contributed by atoms with Crippen LogP contribution in [-0.4, -0.2) is 40.8 Å². The minimum atomic E-state index is -1.08. The Bertz CT molecular complexity index is 805. The summed E-state index contributed by atoms with van der Waals surface area (Å²) in [4.78, 5) is 26.8. The number of aromatic amines is 1. The molecule has 0 aliphatic rings. The lowest BCUT2D eigenvalue weighted by Gasteiger charge is -2.00. The fourth-order valence-corrected chi connectivity index (χ4v) is 1.68. The van der Waals surface area contributed by atoms with Crippen molar-refractivity contribution in [3.63, 3.8) is 0 Å². The number of hydrogen-bond donors (Lipinski definition) is 2. The normalized spacial score (nSPS) is 10.1. The molecule has 3 aromatic rings. The number of nitrogens with zero attached hydrogens (tertiary/aromatic N) is 5. The molecular formula is C11H9ClN6O3. The topological polar surface area (TPSA) is 119 Å². The van der Waals surface area contributed by atoms with Gasteiger partial charge in [0.25, 0.3) is 5.56 Å². The number of carboxylic acid groups (broad SMARTS) is 1. The van der Waals surface area contributed by atoms with Crippen molar-refractivity contribution in [2.75, 3.05) is 0 Å². The number of pyridine rings is 1. The van der Waals surface area contributed by atoms with Crippen LogP contribution in [0.4, 0.5) is 0 Å². The molecule has 108 valence electrons. The van der Waals surface area contributed by atoms with Gasteiger partial charge in [0, 0.05) is 6.20 Å². The second-order valence-corrected chi connectivity index (χ2v) is 3.86. The van der Waals surface area contributed by atoms with Crippen LogP contribution in [0.3, 0.4) is 0 Å². The molecule has 0 unspecified atom stereocenters. The van der Waals surface area contributed by atoms with Crippen LogP contribution in [0, 0.1) is 0 Å². The SMILES string of the molecule is Cl.O=C(O)c1ccc(-n2[nH]cc(-n3ccnn3)c2=O)nc1. The van der Waals surface area contributed by atoms with Crippen molar-refractivity contribution in [2.45, 2.75) is 0 Å². The molecule has 2 N–H and O–H groups in total. The van der Waals surface area contributed by atoms with Crippen LogP contribution in [0.2, 0.25) is 0 Å². The molecule has 0 aromatic carbocycles. The van der Waals surface area contributed by atoms with Gasteiger partial charge in [-0.2, -0.15) is 4.68 Å². The summed E-state index contributed by atoms with van der Waals surface area (Å²) in [5, 5.41) is 18.9. The van der Waals surface area contributed by atoms with E-state index >= 15 is 0 Å². The first-order valence-corrected chi connectivity index (χ1v) is 5.53. The number of halogens is 1. The molecule has 0 bridgehead atoms. The van der Waals surface area contributed by atoms with Crippen molar-refractivity contribution in [1.82, 2.24) is 29.8 Å². The second kappa shape index (κ2) is 5.59. The highest BCUT2D eigenvalue weighted by molar-refractivity contribution is 5.87. The fraction of sp³-hybridized carbons (Fsp3) is 0. The average molecular weight is 309 g/mol. The predicted octanol–water partition coefficient (Wildman–Crippen LogP) is 0.261. The fourth-order valence-electron chi connectivity index (χ4n) is 1.68. The van der Waals surface area contributed by atoms with Crippen molar-refractivity contribution >= 4 is 18.4 Å². The van der Waals surface area contributed by atoms with Crippen LogP contribution in [-0.2, 0) is 0 Å². The number of carbonyl (C=O) groups is 1. The maximum absolute atomic E-state index is 12.2. The number of aromatic nitrogens is 6. The Balaban J connectivity index is 0.00000161. The van der Waals surface area contributed by atoms with E-state index in [0.717, 1.165) is 0 Å². The highest BCUT2D eigenvalue weighted by atomic mass is 35.5. The van der Waals surface area contributed by atoms with Crippen LogP contribution < -0.4 is 5.56 Å². The zero-order valence-corrected chi connectivity index (χ0v) is 11.2. The third-order valence-corrected chi connectivity index (χ3v) is 2.65. The Labute approximate surface area is 123 Å².